The Bertz CT molecular complexity index is 502. The van der Waals surface area contributed by atoms with Crippen LogP contribution in [0.1, 0.15) is 18.3 Å². The summed E-state index contributed by atoms with van der Waals surface area (Å²) in [5.74, 6) is -0.296. The van der Waals surface area contributed by atoms with Gasteiger partial charge < -0.3 is 9.88 Å². The van der Waals surface area contributed by atoms with E-state index in [0.29, 0.717) is 6.54 Å². The van der Waals surface area contributed by atoms with Gasteiger partial charge in [0.15, 0.2) is 0 Å². The molecule has 5 heteroatoms. The highest BCUT2D eigenvalue weighted by molar-refractivity contribution is 5.20. The molecule has 0 aliphatic heterocycles. The summed E-state index contributed by atoms with van der Waals surface area (Å²) in [6.07, 6.45) is 3.35. The minimum absolute atomic E-state index is 0.0632. The molecule has 0 bridgehead atoms. The van der Waals surface area contributed by atoms with E-state index in [1.54, 1.807) is 17.0 Å². The van der Waals surface area contributed by atoms with E-state index < -0.39 is 11.6 Å². The van der Waals surface area contributed by atoms with Crippen LogP contribution in [0.3, 0.4) is 0 Å². The maximum Gasteiger partial charge on any atom is 0.131 e. The highest BCUT2D eigenvalue weighted by atomic mass is 19.1. The van der Waals surface area contributed by atoms with Gasteiger partial charge in [-0.1, -0.05) is 13.0 Å². The summed E-state index contributed by atoms with van der Waals surface area (Å²) in [6, 6.07) is 3.89. The van der Waals surface area contributed by atoms with Gasteiger partial charge in [-0.15, -0.1) is 0 Å². The van der Waals surface area contributed by atoms with Gasteiger partial charge in [0.2, 0.25) is 0 Å². The van der Waals surface area contributed by atoms with Crippen LogP contribution in [0.2, 0.25) is 0 Å². The molecule has 1 N–H and O–H groups in total. The Kier molecular flexibility index (Phi) is 4.04. The number of benzene rings is 1. The van der Waals surface area contributed by atoms with Gasteiger partial charge in [0.1, 0.15) is 17.5 Å². The number of halogens is 2. The monoisotopic (exact) mass is 251 g/mol. The van der Waals surface area contributed by atoms with Crippen molar-refractivity contribution in [2.24, 2.45) is 0 Å². The summed E-state index contributed by atoms with van der Waals surface area (Å²) in [5, 5.41) is 3.14. The molecule has 2 aromatic rings. The molecule has 2 rings (SSSR count). The summed E-state index contributed by atoms with van der Waals surface area (Å²) >= 11 is 0. The fourth-order valence-corrected chi connectivity index (χ4v) is 1.74. The first-order chi connectivity index (χ1) is 8.72. The highest BCUT2D eigenvalue weighted by Crippen LogP contribution is 2.14. The maximum atomic E-state index is 13.5. The SMILES string of the molecule is CCNCc1nccn1Cc1c(F)cccc1F. The molecule has 3 nitrogen and oxygen atoms in total. The van der Waals surface area contributed by atoms with Crippen molar-refractivity contribution in [3.05, 3.63) is 53.6 Å². The van der Waals surface area contributed by atoms with E-state index in [0.717, 1.165) is 12.4 Å². The lowest BCUT2D eigenvalue weighted by Gasteiger charge is -2.09. The van der Waals surface area contributed by atoms with E-state index >= 15 is 0 Å². The van der Waals surface area contributed by atoms with E-state index in [9.17, 15) is 8.78 Å². The average Bonchev–Trinajstić information content (AvgIpc) is 2.79. The number of rotatable bonds is 5. The molecule has 0 fully saturated rings. The van der Waals surface area contributed by atoms with Gasteiger partial charge in [0, 0.05) is 18.0 Å². The Morgan fingerprint density at radius 3 is 2.67 bits per heavy atom. The van der Waals surface area contributed by atoms with Crippen LogP contribution in [0.4, 0.5) is 8.78 Å². The molecule has 0 amide bonds. The Morgan fingerprint density at radius 1 is 1.28 bits per heavy atom. The molecule has 0 radical (unpaired) electrons. The van der Waals surface area contributed by atoms with Crippen LogP contribution in [-0.4, -0.2) is 16.1 Å². The van der Waals surface area contributed by atoms with Gasteiger partial charge in [0.05, 0.1) is 13.1 Å². The lowest BCUT2D eigenvalue weighted by molar-refractivity contribution is 0.536. The van der Waals surface area contributed by atoms with Crippen molar-refractivity contribution in [1.29, 1.82) is 0 Å². The fraction of sp³-hybridized carbons (Fsp3) is 0.308. The standard InChI is InChI=1S/C13H15F2N3/c1-2-16-8-13-17-6-7-18(13)9-10-11(14)4-3-5-12(10)15/h3-7,16H,2,8-9H2,1H3. The normalized spacial score (nSPS) is 10.8. The van der Waals surface area contributed by atoms with Gasteiger partial charge in [-0.2, -0.15) is 0 Å². The second kappa shape index (κ2) is 5.73. The van der Waals surface area contributed by atoms with Crippen molar-refractivity contribution in [2.45, 2.75) is 20.0 Å². The lowest BCUT2D eigenvalue weighted by atomic mass is 10.2. The van der Waals surface area contributed by atoms with Crippen LogP contribution in [0.25, 0.3) is 0 Å². The minimum Gasteiger partial charge on any atom is -0.329 e. The fourth-order valence-electron chi connectivity index (χ4n) is 1.74. The smallest absolute Gasteiger partial charge is 0.131 e. The zero-order chi connectivity index (χ0) is 13.0. The zero-order valence-corrected chi connectivity index (χ0v) is 10.2. The molecule has 1 heterocycles. The average molecular weight is 251 g/mol. The Morgan fingerprint density at radius 2 is 2.00 bits per heavy atom. The number of nitrogens with zero attached hydrogens (tertiary/aromatic N) is 2. The predicted molar refractivity (Wildman–Crippen MR) is 65.1 cm³/mol. The first kappa shape index (κ1) is 12.7. The third-order valence-corrected chi connectivity index (χ3v) is 2.72. The van der Waals surface area contributed by atoms with E-state index in [-0.39, 0.29) is 12.1 Å². The predicted octanol–water partition coefficient (Wildman–Crippen LogP) is 2.32. The maximum absolute atomic E-state index is 13.5. The topological polar surface area (TPSA) is 29.9 Å². The number of nitrogens with one attached hydrogen (secondary N) is 1. The summed E-state index contributed by atoms with van der Waals surface area (Å²) in [5.41, 5.74) is 0.0632. The molecule has 0 aliphatic rings. The van der Waals surface area contributed by atoms with Crippen molar-refractivity contribution in [1.82, 2.24) is 14.9 Å². The Labute approximate surface area is 104 Å². The van der Waals surface area contributed by atoms with E-state index in [2.05, 4.69) is 10.3 Å². The Balaban J connectivity index is 2.21. The van der Waals surface area contributed by atoms with Crippen molar-refractivity contribution in [2.75, 3.05) is 6.54 Å². The van der Waals surface area contributed by atoms with Crippen molar-refractivity contribution in [3.8, 4) is 0 Å². The molecule has 1 aromatic heterocycles. The summed E-state index contributed by atoms with van der Waals surface area (Å²) in [6.45, 7) is 3.55. The molecule has 0 saturated heterocycles. The number of imidazole rings is 1. The minimum atomic E-state index is -0.530. The second-order valence-corrected chi connectivity index (χ2v) is 3.95. The van der Waals surface area contributed by atoms with Crippen LogP contribution < -0.4 is 5.32 Å². The van der Waals surface area contributed by atoms with Crippen LogP contribution in [-0.2, 0) is 13.1 Å². The van der Waals surface area contributed by atoms with Gasteiger partial charge in [-0.3, -0.25) is 0 Å². The second-order valence-electron chi connectivity index (χ2n) is 3.95. The van der Waals surface area contributed by atoms with Crippen molar-refractivity contribution >= 4 is 0 Å². The van der Waals surface area contributed by atoms with Gasteiger partial charge in [-0.05, 0) is 18.7 Å². The van der Waals surface area contributed by atoms with E-state index in [4.69, 9.17) is 0 Å². The lowest BCUT2D eigenvalue weighted by Crippen LogP contribution is -2.17. The Hall–Kier alpha value is -1.75. The van der Waals surface area contributed by atoms with Crippen LogP contribution in [0.15, 0.2) is 30.6 Å². The van der Waals surface area contributed by atoms with Gasteiger partial charge >= 0.3 is 0 Å². The molecule has 0 unspecified atom stereocenters. The van der Waals surface area contributed by atoms with Gasteiger partial charge in [0.25, 0.3) is 0 Å². The van der Waals surface area contributed by atoms with Crippen LogP contribution in [0.5, 0.6) is 0 Å². The van der Waals surface area contributed by atoms with E-state index in [1.165, 1.54) is 18.2 Å². The molecule has 18 heavy (non-hydrogen) atoms. The summed E-state index contributed by atoms with van der Waals surface area (Å²) in [4.78, 5) is 4.16. The number of hydrogen-bond donors (Lipinski definition) is 1. The summed E-state index contributed by atoms with van der Waals surface area (Å²) < 4.78 is 28.8. The summed E-state index contributed by atoms with van der Waals surface area (Å²) in [7, 11) is 0. The third-order valence-electron chi connectivity index (χ3n) is 2.72. The molecule has 96 valence electrons. The number of hydrogen-bond acceptors (Lipinski definition) is 2. The van der Waals surface area contributed by atoms with Crippen LogP contribution in [0, 0.1) is 11.6 Å². The largest absolute Gasteiger partial charge is 0.329 e. The molecular formula is C13H15F2N3. The molecule has 0 aliphatic carbocycles. The molecular weight excluding hydrogens is 236 g/mol. The molecule has 0 spiro atoms. The van der Waals surface area contributed by atoms with E-state index in [1.807, 2.05) is 6.92 Å². The highest BCUT2D eigenvalue weighted by Gasteiger charge is 2.10. The van der Waals surface area contributed by atoms with Crippen molar-refractivity contribution < 1.29 is 8.78 Å². The first-order valence-electron chi connectivity index (χ1n) is 5.86. The zero-order valence-electron chi connectivity index (χ0n) is 10.2. The van der Waals surface area contributed by atoms with Gasteiger partial charge in [-0.25, -0.2) is 13.8 Å². The molecule has 0 atom stereocenters. The van der Waals surface area contributed by atoms with Crippen molar-refractivity contribution in [3.63, 3.8) is 0 Å². The first-order valence-corrected chi connectivity index (χ1v) is 5.86. The molecule has 1 aromatic carbocycles. The quantitative estimate of drug-likeness (QED) is 0.883. The number of aromatic nitrogens is 2. The van der Waals surface area contributed by atoms with Crippen LogP contribution >= 0.6 is 0 Å². The third kappa shape index (κ3) is 2.73. The molecule has 0 saturated carbocycles.